The van der Waals surface area contributed by atoms with Gasteiger partial charge in [-0.1, -0.05) is 147 Å². The molecule has 13 heteroatoms. The largest absolute Gasteiger partial charge is 0 e. The van der Waals surface area contributed by atoms with E-state index in [4.69, 9.17) is 35.4 Å². The van der Waals surface area contributed by atoms with Gasteiger partial charge in [-0.05, 0) is 185 Å². The van der Waals surface area contributed by atoms with Gasteiger partial charge in [-0.3, -0.25) is 9.97 Å². The molecular formula is C99H140GeIr3N3O6-3. The van der Waals surface area contributed by atoms with Crippen molar-refractivity contribution in [1.29, 1.82) is 0 Å². The van der Waals surface area contributed by atoms with Crippen molar-refractivity contribution >= 4 is 50.4 Å². The van der Waals surface area contributed by atoms with Crippen molar-refractivity contribution in [3.8, 4) is 33.8 Å². The maximum atomic E-state index is 9.47. The van der Waals surface area contributed by atoms with E-state index in [1.807, 2.05) is 13.8 Å². The Labute approximate surface area is 721 Å². The molecule has 6 N–H and O–H groups in total. The standard InChI is InChI=1S/2C27H34N.C24H30GeN.C11H22O2.2C5H10O2.3Ir/c2*1-7-20-13-21(8-2)15-24(14-20)26-10-9-25-23(12-19(5)6)16-22(11-18(3)4)17-27(25)28-26;1-16(2)12-21-20-8-10-23(19-14-17(3)13-18(4)15-19)26-24(20)11-9-22(21)25(5,6)7;1-8(2)5-10(12)7-11(13)6-9(3)4;2*1-4(6)3-5(2)7;;;/h2*9-10,13-14,16-19H,7-8,11-12H2,1-6H3;8-11,13-14,16H,12H2,1-7H3;7-10,12-13H,5-6H2,1-4H3;2*3-4,6-7H,1-2H3;;;/q3*-1;;;;;;. The van der Waals surface area contributed by atoms with Crippen molar-refractivity contribution in [2.24, 2.45) is 41.4 Å². The van der Waals surface area contributed by atoms with Crippen molar-refractivity contribution in [2.75, 3.05) is 0 Å². The first-order valence-corrected chi connectivity index (χ1v) is 48.0. The van der Waals surface area contributed by atoms with E-state index in [0.29, 0.717) is 60.0 Å². The molecule has 0 saturated heterocycles. The molecule has 9 nitrogen and oxygen atoms in total. The van der Waals surface area contributed by atoms with Gasteiger partial charge in [0.05, 0.1) is 46.6 Å². The number of aryl methyl sites for hydroxylation is 6. The van der Waals surface area contributed by atoms with Gasteiger partial charge in [0.25, 0.3) is 0 Å². The minimum atomic E-state index is -1.92. The molecular weight excluding hydrogens is 1980 g/mol. The van der Waals surface area contributed by atoms with Crippen LogP contribution in [0.5, 0.6) is 0 Å². The number of pyridine rings is 3. The third kappa shape index (κ3) is 37.6. The summed E-state index contributed by atoms with van der Waals surface area (Å²) in [4.78, 5) is 15.2. The predicted molar refractivity (Wildman–Crippen MR) is 472 cm³/mol. The molecule has 112 heavy (non-hydrogen) atoms. The average molecular weight is 2120 g/mol. The van der Waals surface area contributed by atoms with Crippen molar-refractivity contribution in [2.45, 2.75) is 272 Å². The van der Waals surface area contributed by atoms with Crippen molar-refractivity contribution < 1.29 is 91.0 Å². The van der Waals surface area contributed by atoms with E-state index in [1.54, 1.807) is 24.3 Å². The number of hydrogen-bond donors (Lipinski definition) is 6. The molecule has 0 aliphatic heterocycles. The van der Waals surface area contributed by atoms with Crippen LogP contribution in [0.1, 0.15) is 226 Å². The van der Waals surface area contributed by atoms with Gasteiger partial charge in [-0.25, -0.2) is 0 Å². The van der Waals surface area contributed by atoms with E-state index < -0.39 is 31.6 Å². The first-order valence-electron chi connectivity index (χ1n) is 40.7. The van der Waals surface area contributed by atoms with Crippen molar-refractivity contribution in [1.82, 2.24) is 15.0 Å². The number of aliphatic hydroxyl groups excluding tert-OH is 6. The molecule has 0 saturated carbocycles. The zero-order chi connectivity index (χ0) is 81.7. The quantitative estimate of drug-likeness (QED) is 0.0186. The number of rotatable bonds is 25. The van der Waals surface area contributed by atoms with Crippen molar-refractivity contribution in [3.05, 3.63) is 224 Å². The molecule has 9 aromatic rings. The summed E-state index contributed by atoms with van der Waals surface area (Å²) in [6.45, 7) is 50.4. The fourth-order valence-corrected chi connectivity index (χ4v) is 17.3. The Kier molecular flexibility index (Phi) is 48.1. The van der Waals surface area contributed by atoms with E-state index >= 15 is 0 Å². The molecule has 0 bridgehead atoms. The van der Waals surface area contributed by atoms with Gasteiger partial charge in [-0.2, -0.15) is 0 Å². The van der Waals surface area contributed by atoms with Gasteiger partial charge in [0.2, 0.25) is 0 Å². The Morgan fingerprint density at radius 3 is 1.12 bits per heavy atom. The minimum Gasteiger partial charge on any atom is 0 e. The molecule has 3 radical (unpaired) electrons. The summed E-state index contributed by atoms with van der Waals surface area (Å²) in [6, 6.07) is 51.4. The number of aromatic nitrogens is 3. The first-order chi connectivity index (χ1) is 51.1. The molecule has 621 valence electrons. The van der Waals surface area contributed by atoms with Crippen LogP contribution in [0.15, 0.2) is 145 Å². The summed E-state index contributed by atoms with van der Waals surface area (Å²) in [5, 5.41) is 56.6. The normalized spacial score (nSPS) is 12.6. The molecule has 0 fully saturated rings. The van der Waals surface area contributed by atoms with E-state index in [9.17, 15) is 10.2 Å². The third-order valence-corrected chi connectivity index (χ3v) is 22.4. The Bertz CT molecular complexity index is 4160. The first kappa shape index (κ1) is 105. The van der Waals surface area contributed by atoms with Crippen LogP contribution in [0.2, 0.25) is 17.3 Å². The number of allylic oxidation sites excluding steroid dienone is 3. The number of nitrogens with zero attached hydrogens (tertiary/aromatic N) is 3. The topological polar surface area (TPSA) is 160 Å². The Morgan fingerprint density at radius 1 is 0.402 bits per heavy atom. The zero-order valence-electron chi connectivity index (χ0n) is 73.2. The summed E-state index contributed by atoms with van der Waals surface area (Å²) < 4.78 is 1.62. The fraction of sp³-hybridized carbons (Fsp3) is 0.485. The molecule has 6 aromatic carbocycles. The number of benzene rings is 6. The smallest absolute Gasteiger partial charge is 0 e. The molecule has 3 atom stereocenters. The Hall–Kier alpha value is -5.46. The molecule has 0 aliphatic carbocycles. The van der Waals surface area contributed by atoms with Crippen LogP contribution in [0, 0.1) is 73.5 Å². The molecule has 3 aromatic heterocycles. The Balaban J connectivity index is 0.000000714. The van der Waals surface area contributed by atoms with E-state index in [0.717, 1.165) is 108 Å². The van der Waals surface area contributed by atoms with E-state index in [2.05, 4.69) is 269 Å². The molecule has 3 unspecified atom stereocenters. The molecule has 0 amide bonds. The number of aliphatic hydroxyl groups is 6. The average Bonchev–Trinajstić information content (AvgIpc) is 0.789. The molecule has 0 spiro atoms. The van der Waals surface area contributed by atoms with Gasteiger partial charge >= 0.3 is 161 Å². The van der Waals surface area contributed by atoms with Crippen LogP contribution in [-0.2, 0) is 118 Å². The van der Waals surface area contributed by atoms with E-state index in [-0.39, 0.29) is 71.8 Å². The van der Waals surface area contributed by atoms with Gasteiger partial charge in [0.1, 0.15) is 0 Å². The van der Waals surface area contributed by atoms with E-state index in [1.165, 1.54) is 103 Å². The monoisotopic (exact) mass is 2120 g/mol. The second-order valence-electron chi connectivity index (χ2n) is 34.2. The number of fused-ring (bicyclic) bond motifs is 3. The zero-order valence-corrected chi connectivity index (χ0v) is 82.5. The maximum absolute atomic E-state index is 9.47. The van der Waals surface area contributed by atoms with Crippen LogP contribution in [0.4, 0.5) is 0 Å². The van der Waals surface area contributed by atoms with Gasteiger partial charge < -0.3 is 30.6 Å². The SMILES string of the molecule is CC(C)CC(O)=CC(O)CC(C)C.CC(O)=CC(C)O.CC(O)=CC(C)O.CCc1[c-]c(-c2ccc3c(CC(C)C)cc(CC(C)C)cc3n2)cc(CC)c1.CCc1[c-]c(-c2ccc3c(CC(C)C)cc(CC(C)C)cc3n2)cc(CC)c1.Cc1[c-]c(-c2ccc3c(CC(C)C)[c]([Ge]([CH3])([CH3])[CH3])ccc3n2)cc(C)c1.[Ir].[Ir].[Ir]. The summed E-state index contributed by atoms with van der Waals surface area (Å²) in [7, 11) is 0. The molecule has 9 rings (SSSR count). The molecule has 0 aliphatic rings. The third-order valence-electron chi connectivity index (χ3n) is 18.1. The second kappa shape index (κ2) is 51.6. The minimum absolute atomic E-state index is 0. The summed E-state index contributed by atoms with van der Waals surface area (Å²) >= 11 is -1.92. The Morgan fingerprint density at radius 2 is 0.795 bits per heavy atom. The second-order valence-corrected chi connectivity index (χ2v) is 44.8. The van der Waals surface area contributed by atoms with Crippen LogP contribution in [0.25, 0.3) is 66.5 Å². The van der Waals surface area contributed by atoms with Crippen molar-refractivity contribution in [3.63, 3.8) is 0 Å². The maximum Gasteiger partial charge on any atom is 0 e. The van der Waals surface area contributed by atoms with Gasteiger partial charge in [-0.15, -0.1) is 69.8 Å². The summed E-state index contributed by atoms with van der Waals surface area (Å²) in [6.07, 6.45) is 13.7. The summed E-state index contributed by atoms with van der Waals surface area (Å²) in [5.74, 6) is 12.2. The molecule has 3 heterocycles. The van der Waals surface area contributed by atoms with Crippen LogP contribution in [0.3, 0.4) is 0 Å². The van der Waals surface area contributed by atoms with Gasteiger partial charge in [0.15, 0.2) is 0 Å². The van der Waals surface area contributed by atoms with Crippen LogP contribution < -0.4 is 4.40 Å². The summed E-state index contributed by atoms with van der Waals surface area (Å²) in [5.41, 5.74) is 24.7. The fourth-order valence-electron chi connectivity index (χ4n) is 13.6. The van der Waals surface area contributed by atoms with Gasteiger partial charge in [0, 0.05) is 77.5 Å². The van der Waals surface area contributed by atoms with Crippen LogP contribution in [-0.4, -0.2) is 77.2 Å². The number of hydrogen-bond acceptors (Lipinski definition) is 9. The predicted octanol–water partition coefficient (Wildman–Crippen LogP) is 25.0. The van der Waals surface area contributed by atoms with Crippen LogP contribution >= 0.6 is 0 Å².